The Labute approximate surface area is 81.4 Å². The lowest BCUT2D eigenvalue weighted by Gasteiger charge is -2.08. The average Bonchev–Trinajstić information content (AvgIpc) is 2.48. The standard InChI is InChI=1S/C11H11Br/c1-7-6-9-4-3-5-10(9)11(12)8(7)2/h3-4,6H,5H2,1-2H3. The third kappa shape index (κ3) is 1.04. The maximum atomic E-state index is 3.64. The number of rotatable bonds is 0. The molecule has 1 aromatic carbocycles. The fraction of sp³-hybridized carbons (Fsp3) is 0.273. The summed E-state index contributed by atoms with van der Waals surface area (Å²) < 4.78 is 1.29. The zero-order chi connectivity index (χ0) is 8.72. The molecule has 1 aliphatic rings. The Bertz CT molecular complexity index is 362. The van der Waals surface area contributed by atoms with Gasteiger partial charge in [0.1, 0.15) is 0 Å². The van der Waals surface area contributed by atoms with E-state index in [1.54, 1.807) is 0 Å². The van der Waals surface area contributed by atoms with Gasteiger partial charge in [-0.3, -0.25) is 0 Å². The molecule has 0 bridgehead atoms. The maximum Gasteiger partial charge on any atom is 0.0248 e. The molecule has 0 radical (unpaired) electrons. The molecule has 0 amide bonds. The highest BCUT2D eigenvalue weighted by Crippen LogP contribution is 2.32. The van der Waals surface area contributed by atoms with Crippen molar-refractivity contribution in [1.82, 2.24) is 0 Å². The van der Waals surface area contributed by atoms with Gasteiger partial charge in [-0.1, -0.05) is 34.1 Å². The summed E-state index contributed by atoms with van der Waals surface area (Å²) in [5.41, 5.74) is 5.56. The number of benzene rings is 1. The van der Waals surface area contributed by atoms with Crippen LogP contribution in [-0.4, -0.2) is 0 Å². The molecule has 0 atom stereocenters. The number of hydrogen-bond acceptors (Lipinski definition) is 0. The van der Waals surface area contributed by atoms with E-state index in [2.05, 4.69) is 48.0 Å². The molecule has 0 saturated heterocycles. The van der Waals surface area contributed by atoms with E-state index < -0.39 is 0 Å². The Morgan fingerprint density at radius 1 is 1.33 bits per heavy atom. The average molecular weight is 223 g/mol. The van der Waals surface area contributed by atoms with Gasteiger partial charge in [-0.2, -0.15) is 0 Å². The minimum atomic E-state index is 1.08. The molecule has 0 fully saturated rings. The number of fused-ring (bicyclic) bond motifs is 1. The van der Waals surface area contributed by atoms with Gasteiger partial charge in [0.15, 0.2) is 0 Å². The molecular formula is C11H11Br. The number of allylic oxidation sites excluding steroid dienone is 1. The first-order chi connectivity index (χ1) is 5.70. The fourth-order valence-corrected chi connectivity index (χ4v) is 2.32. The monoisotopic (exact) mass is 222 g/mol. The van der Waals surface area contributed by atoms with E-state index in [4.69, 9.17) is 0 Å². The highest BCUT2D eigenvalue weighted by atomic mass is 79.9. The van der Waals surface area contributed by atoms with Gasteiger partial charge in [0.05, 0.1) is 0 Å². The highest BCUT2D eigenvalue weighted by Gasteiger charge is 2.12. The predicted molar refractivity (Wildman–Crippen MR) is 56.4 cm³/mol. The zero-order valence-corrected chi connectivity index (χ0v) is 8.90. The van der Waals surface area contributed by atoms with Gasteiger partial charge in [0, 0.05) is 4.47 Å². The van der Waals surface area contributed by atoms with Crippen LogP contribution in [0.3, 0.4) is 0 Å². The lowest BCUT2D eigenvalue weighted by Crippen LogP contribution is -1.91. The van der Waals surface area contributed by atoms with Crippen LogP contribution in [0.25, 0.3) is 6.08 Å². The van der Waals surface area contributed by atoms with Crippen molar-refractivity contribution >= 4 is 22.0 Å². The SMILES string of the molecule is Cc1cc2c(c(Br)c1C)CC=C2. The molecule has 2 rings (SSSR count). The van der Waals surface area contributed by atoms with Gasteiger partial charge in [0.25, 0.3) is 0 Å². The van der Waals surface area contributed by atoms with Crippen LogP contribution in [-0.2, 0) is 6.42 Å². The molecule has 0 aliphatic heterocycles. The van der Waals surface area contributed by atoms with E-state index in [1.807, 2.05) is 0 Å². The third-order valence-corrected chi connectivity index (χ3v) is 3.60. The Morgan fingerprint density at radius 3 is 2.83 bits per heavy atom. The summed E-state index contributed by atoms with van der Waals surface area (Å²) in [6.45, 7) is 4.32. The summed E-state index contributed by atoms with van der Waals surface area (Å²) in [7, 11) is 0. The van der Waals surface area contributed by atoms with Crippen LogP contribution in [0.4, 0.5) is 0 Å². The van der Waals surface area contributed by atoms with Crippen LogP contribution in [0.2, 0.25) is 0 Å². The molecule has 0 aromatic heterocycles. The molecule has 0 heterocycles. The Balaban J connectivity index is 2.72. The first-order valence-electron chi connectivity index (χ1n) is 4.15. The Morgan fingerprint density at radius 2 is 2.08 bits per heavy atom. The first-order valence-corrected chi connectivity index (χ1v) is 4.94. The molecule has 0 saturated carbocycles. The molecule has 12 heavy (non-hydrogen) atoms. The minimum Gasteiger partial charge on any atom is -0.0795 e. The molecule has 62 valence electrons. The summed E-state index contributed by atoms with van der Waals surface area (Å²) in [4.78, 5) is 0. The summed E-state index contributed by atoms with van der Waals surface area (Å²) in [5, 5.41) is 0. The van der Waals surface area contributed by atoms with Crippen molar-refractivity contribution in [2.45, 2.75) is 20.3 Å². The van der Waals surface area contributed by atoms with Gasteiger partial charge < -0.3 is 0 Å². The van der Waals surface area contributed by atoms with Crippen molar-refractivity contribution in [3.63, 3.8) is 0 Å². The first kappa shape index (κ1) is 8.06. The van der Waals surface area contributed by atoms with E-state index in [0.717, 1.165) is 6.42 Å². The topological polar surface area (TPSA) is 0 Å². The van der Waals surface area contributed by atoms with Gasteiger partial charge in [-0.05, 0) is 42.5 Å². The third-order valence-electron chi connectivity index (χ3n) is 2.53. The van der Waals surface area contributed by atoms with Crippen LogP contribution < -0.4 is 0 Å². The van der Waals surface area contributed by atoms with Crippen LogP contribution in [0, 0.1) is 13.8 Å². The molecule has 1 aliphatic carbocycles. The number of halogens is 1. The van der Waals surface area contributed by atoms with E-state index >= 15 is 0 Å². The van der Waals surface area contributed by atoms with Crippen LogP contribution in [0.5, 0.6) is 0 Å². The fourth-order valence-electron chi connectivity index (χ4n) is 1.61. The van der Waals surface area contributed by atoms with Gasteiger partial charge in [-0.25, -0.2) is 0 Å². The van der Waals surface area contributed by atoms with Crippen molar-refractivity contribution in [2.24, 2.45) is 0 Å². The summed E-state index contributed by atoms with van der Waals surface area (Å²) in [6.07, 6.45) is 5.50. The van der Waals surface area contributed by atoms with Crippen LogP contribution in [0.15, 0.2) is 16.6 Å². The van der Waals surface area contributed by atoms with E-state index in [-0.39, 0.29) is 0 Å². The largest absolute Gasteiger partial charge is 0.0795 e. The van der Waals surface area contributed by atoms with Crippen molar-refractivity contribution < 1.29 is 0 Å². The number of aryl methyl sites for hydroxylation is 1. The van der Waals surface area contributed by atoms with Crippen molar-refractivity contribution in [3.8, 4) is 0 Å². The second kappa shape index (κ2) is 2.74. The van der Waals surface area contributed by atoms with Crippen LogP contribution >= 0.6 is 15.9 Å². The maximum absolute atomic E-state index is 3.64. The second-order valence-electron chi connectivity index (χ2n) is 3.31. The molecular weight excluding hydrogens is 212 g/mol. The number of hydrogen-bond donors (Lipinski definition) is 0. The lowest BCUT2D eigenvalue weighted by molar-refractivity contribution is 1.21. The molecule has 0 unspecified atom stereocenters. The molecule has 0 N–H and O–H groups in total. The van der Waals surface area contributed by atoms with Crippen molar-refractivity contribution in [2.75, 3.05) is 0 Å². The van der Waals surface area contributed by atoms with Crippen molar-refractivity contribution in [3.05, 3.63) is 38.9 Å². The predicted octanol–water partition coefficient (Wildman–Crippen LogP) is 3.64. The van der Waals surface area contributed by atoms with Crippen LogP contribution in [0.1, 0.15) is 22.3 Å². The second-order valence-corrected chi connectivity index (χ2v) is 4.10. The van der Waals surface area contributed by atoms with E-state index in [0.29, 0.717) is 0 Å². The molecule has 0 spiro atoms. The summed E-state index contributed by atoms with van der Waals surface area (Å²) in [5.74, 6) is 0. The highest BCUT2D eigenvalue weighted by molar-refractivity contribution is 9.10. The van der Waals surface area contributed by atoms with Crippen molar-refractivity contribution in [1.29, 1.82) is 0 Å². The van der Waals surface area contributed by atoms with E-state index in [1.165, 1.54) is 26.7 Å². The summed E-state index contributed by atoms with van der Waals surface area (Å²) >= 11 is 3.64. The van der Waals surface area contributed by atoms with Gasteiger partial charge >= 0.3 is 0 Å². The quantitative estimate of drug-likeness (QED) is 0.629. The zero-order valence-electron chi connectivity index (χ0n) is 7.32. The molecule has 1 heteroatoms. The van der Waals surface area contributed by atoms with Gasteiger partial charge in [0.2, 0.25) is 0 Å². The Hall–Kier alpha value is -0.560. The normalized spacial score (nSPS) is 13.6. The Kier molecular flexibility index (Phi) is 1.84. The van der Waals surface area contributed by atoms with Gasteiger partial charge in [-0.15, -0.1) is 0 Å². The lowest BCUT2D eigenvalue weighted by atomic mass is 10.0. The molecule has 1 aromatic rings. The smallest absolute Gasteiger partial charge is 0.0248 e. The summed E-state index contributed by atoms with van der Waals surface area (Å²) in [6, 6.07) is 2.26. The minimum absolute atomic E-state index is 1.08. The van der Waals surface area contributed by atoms with E-state index in [9.17, 15) is 0 Å². The molecule has 0 nitrogen and oxygen atoms in total.